The van der Waals surface area contributed by atoms with Gasteiger partial charge < -0.3 is 16.0 Å². The Morgan fingerprint density at radius 1 is 1.26 bits per heavy atom. The van der Waals surface area contributed by atoms with Gasteiger partial charge in [0.1, 0.15) is 0 Å². The van der Waals surface area contributed by atoms with Gasteiger partial charge in [-0.2, -0.15) is 0 Å². The maximum atomic E-state index is 12.2. The van der Waals surface area contributed by atoms with Crippen molar-refractivity contribution in [1.29, 1.82) is 0 Å². The van der Waals surface area contributed by atoms with Gasteiger partial charge in [-0.3, -0.25) is 14.4 Å². The van der Waals surface area contributed by atoms with Crippen LogP contribution in [0.15, 0.2) is 34.5 Å². The first-order valence-electron chi connectivity index (χ1n) is 9.61. The van der Waals surface area contributed by atoms with Gasteiger partial charge in [-0.1, -0.05) is 12.1 Å². The normalized spacial score (nSPS) is 16.4. The third-order valence-corrected chi connectivity index (χ3v) is 6.48. The number of rotatable bonds is 8. The summed E-state index contributed by atoms with van der Waals surface area (Å²) in [5.41, 5.74) is 1.41. The number of carbonyl (C=O) groups excluding carboxylic acids is 3. The second-order valence-electron chi connectivity index (χ2n) is 7.14. The number of primary sulfonamides is 1. The Morgan fingerprint density at radius 3 is 2.65 bits per heavy atom. The lowest BCUT2D eigenvalue weighted by molar-refractivity contribution is -0.126. The van der Waals surface area contributed by atoms with Gasteiger partial charge in [0.2, 0.25) is 27.7 Å². The van der Waals surface area contributed by atoms with Crippen LogP contribution >= 0.6 is 11.3 Å². The molecule has 1 aromatic carbocycles. The fourth-order valence-electron chi connectivity index (χ4n) is 3.03. The van der Waals surface area contributed by atoms with E-state index in [1.54, 1.807) is 17.5 Å². The van der Waals surface area contributed by atoms with Crippen molar-refractivity contribution < 1.29 is 22.8 Å². The Kier molecular flexibility index (Phi) is 7.36. The molecular weight excluding hydrogens is 442 g/mol. The molecule has 1 unspecified atom stereocenters. The first-order chi connectivity index (χ1) is 14.7. The number of carbonyl (C=O) groups is 3. The van der Waals surface area contributed by atoms with Crippen molar-refractivity contribution in [2.45, 2.75) is 30.6 Å². The molecule has 1 aliphatic rings. The highest BCUT2D eigenvalue weighted by atomic mass is 32.2. The van der Waals surface area contributed by atoms with Crippen molar-refractivity contribution >= 4 is 44.2 Å². The fraction of sp³-hybridized carbons (Fsp3) is 0.368. The van der Waals surface area contributed by atoms with Gasteiger partial charge in [-0.05, 0) is 30.5 Å². The molecule has 1 fully saturated rings. The van der Waals surface area contributed by atoms with Gasteiger partial charge >= 0.3 is 0 Å². The molecule has 2 heterocycles. The molecule has 166 valence electrons. The van der Waals surface area contributed by atoms with Gasteiger partial charge in [-0.15, -0.1) is 11.3 Å². The summed E-state index contributed by atoms with van der Waals surface area (Å²) >= 11 is 1.24. The summed E-state index contributed by atoms with van der Waals surface area (Å²) in [7, 11) is -3.72. The van der Waals surface area contributed by atoms with Crippen molar-refractivity contribution in [1.82, 2.24) is 15.6 Å². The highest BCUT2D eigenvalue weighted by Gasteiger charge is 2.25. The van der Waals surface area contributed by atoms with Gasteiger partial charge in [-0.25, -0.2) is 18.5 Å². The minimum atomic E-state index is -3.72. The zero-order valence-electron chi connectivity index (χ0n) is 16.6. The van der Waals surface area contributed by atoms with Gasteiger partial charge in [0, 0.05) is 24.9 Å². The summed E-state index contributed by atoms with van der Waals surface area (Å²) in [4.78, 5) is 39.9. The standard InChI is InChI=1S/C19H23N5O5S2/c20-31(28,29)15-4-1-12(2-5-15)7-8-21-17(26)9-14-11-30-19(23-14)24-18(27)13-3-6-16(25)22-10-13/h1-2,4-5,11,13H,3,6-10H2,(H,21,26)(H,22,25)(H2,20,28,29)(H,23,24,27). The lowest BCUT2D eigenvalue weighted by atomic mass is 9.98. The molecule has 0 bridgehead atoms. The van der Waals surface area contributed by atoms with Crippen LogP contribution in [-0.2, 0) is 37.2 Å². The van der Waals surface area contributed by atoms with Crippen LogP contribution in [0.2, 0.25) is 0 Å². The van der Waals surface area contributed by atoms with Crippen LogP contribution in [0.3, 0.4) is 0 Å². The summed E-state index contributed by atoms with van der Waals surface area (Å²) in [6.07, 6.45) is 1.45. The maximum absolute atomic E-state index is 12.2. The van der Waals surface area contributed by atoms with E-state index in [4.69, 9.17) is 5.14 Å². The first-order valence-corrected chi connectivity index (χ1v) is 12.0. The molecule has 1 saturated heterocycles. The number of aromatic nitrogens is 1. The van der Waals surface area contributed by atoms with Crippen LogP contribution in [0.25, 0.3) is 0 Å². The topological polar surface area (TPSA) is 160 Å². The molecular formula is C19H23N5O5S2. The SMILES string of the molecule is NS(=O)(=O)c1ccc(CCNC(=O)Cc2csc(NC(=O)C3CCC(=O)NC3)n2)cc1. The molecule has 31 heavy (non-hydrogen) atoms. The van der Waals surface area contributed by atoms with E-state index >= 15 is 0 Å². The van der Waals surface area contributed by atoms with Crippen molar-refractivity contribution in [3.8, 4) is 0 Å². The minimum Gasteiger partial charge on any atom is -0.355 e. The number of benzene rings is 1. The second-order valence-corrected chi connectivity index (χ2v) is 9.56. The second kappa shape index (κ2) is 9.98. The van der Waals surface area contributed by atoms with Gasteiger partial charge in [0.05, 0.1) is 22.9 Å². The molecule has 0 spiro atoms. The number of thiazole rings is 1. The molecule has 3 amide bonds. The number of hydrogen-bond acceptors (Lipinski definition) is 7. The quantitative estimate of drug-likeness (QED) is 0.434. The minimum absolute atomic E-state index is 0.0416. The van der Waals surface area contributed by atoms with Crippen molar-refractivity contribution in [2.75, 3.05) is 18.4 Å². The van der Waals surface area contributed by atoms with Crippen LogP contribution in [0.5, 0.6) is 0 Å². The summed E-state index contributed by atoms with van der Waals surface area (Å²) in [6, 6.07) is 6.16. The molecule has 10 nitrogen and oxygen atoms in total. The average molecular weight is 466 g/mol. The van der Waals surface area contributed by atoms with E-state index in [0.29, 0.717) is 43.2 Å². The summed E-state index contributed by atoms with van der Waals surface area (Å²) in [6.45, 7) is 0.699. The van der Waals surface area contributed by atoms with Crippen molar-refractivity contribution in [3.05, 3.63) is 40.9 Å². The number of hydrogen-bond donors (Lipinski definition) is 4. The van der Waals surface area contributed by atoms with E-state index in [-0.39, 0.29) is 35.0 Å². The van der Waals surface area contributed by atoms with Crippen LogP contribution in [0.4, 0.5) is 5.13 Å². The number of nitrogens with zero attached hydrogens (tertiary/aromatic N) is 1. The molecule has 0 saturated carbocycles. The number of anilines is 1. The highest BCUT2D eigenvalue weighted by Crippen LogP contribution is 2.19. The number of piperidine rings is 1. The van der Waals surface area contributed by atoms with Crippen molar-refractivity contribution in [2.24, 2.45) is 11.1 Å². The molecule has 1 atom stereocenters. The van der Waals surface area contributed by atoms with Crippen molar-refractivity contribution in [3.63, 3.8) is 0 Å². The van der Waals surface area contributed by atoms with Crippen LogP contribution in [-0.4, -0.2) is 44.2 Å². The zero-order chi connectivity index (χ0) is 22.4. The fourth-order valence-corrected chi connectivity index (χ4v) is 4.26. The molecule has 12 heteroatoms. The van der Waals surface area contributed by atoms with Crippen LogP contribution < -0.4 is 21.1 Å². The number of sulfonamides is 1. The third-order valence-electron chi connectivity index (χ3n) is 4.75. The molecule has 0 aliphatic carbocycles. The predicted octanol–water partition coefficient (Wildman–Crippen LogP) is 0.157. The van der Waals surface area contributed by atoms with E-state index in [0.717, 1.165) is 5.56 Å². The predicted molar refractivity (Wildman–Crippen MR) is 115 cm³/mol. The number of nitrogens with one attached hydrogen (secondary N) is 3. The molecule has 5 N–H and O–H groups in total. The first kappa shape index (κ1) is 22.8. The average Bonchev–Trinajstić information content (AvgIpc) is 3.14. The van der Waals surface area contributed by atoms with Crippen LogP contribution in [0.1, 0.15) is 24.1 Å². The smallest absolute Gasteiger partial charge is 0.238 e. The molecule has 0 radical (unpaired) electrons. The lowest BCUT2D eigenvalue weighted by Gasteiger charge is -2.20. The summed E-state index contributed by atoms with van der Waals surface area (Å²) < 4.78 is 22.5. The van der Waals surface area contributed by atoms with Crippen LogP contribution in [0, 0.1) is 5.92 Å². The van der Waals surface area contributed by atoms with E-state index in [1.165, 1.54) is 23.5 Å². The Bertz CT molecular complexity index is 1060. The Labute approximate surface area is 183 Å². The monoisotopic (exact) mass is 465 g/mol. The van der Waals surface area contributed by atoms with Gasteiger partial charge in [0.15, 0.2) is 5.13 Å². The summed E-state index contributed by atoms with van der Waals surface area (Å²) in [5, 5.41) is 15.4. The molecule has 3 rings (SSSR count). The Balaban J connectivity index is 1.41. The van der Waals surface area contributed by atoms with E-state index < -0.39 is 10.0 Å². The number of nitrogens with two attached hydrogens (primary N) is 1. The lowest BCUT2D eigenvalue weighted by Crippen LogP contribution is -2.40. The van der Waals surface area contributed by atoms with Gasteiger partial charge in [0.25, 0.3) is 0 Å². The van der Waals surface area contributed by atoms with E-state index in [9.17, 15) is 22.8 Å². The summed E-state index contributed by atoms with van der Waals surface area (Å²) in [5.74, 6) is -0.738. The van der Waals surface area contributed by atoms with E-state index in [2.05, 4.69) is 20.9 Å². The molecule has 2 aromatic rings. The molecule has 1 aliphatic heterocycles. The maximum Gasteiger partial charge on any atom is 0.238 e. The largest absolute Gasteiger partial charge is 0.355 e. The Morgan fingerprint density at radius 2 is 2.00 bits per heavy atom. The highest BCUT2D eigenvalue weighted by molar-refractivity contribution is 7.89. The number of amides is 3. The Hall–Kier alpha value is -2.83. The van der Waals surface area contributed by atoms with E-state index in [1.807, 2.05) is 0 Å². The third kappa shape index (κ3) is 6.84. The molecule has 1 aromatic heterocycles. The zero-order valence-corrected chi connectivity index (χ0v) is 18.2.